The third kappa shape index (κ3) is 3.54. The maximum Gasteiger partial charge on any atom is 0.310 e. The summed E-state index contributed by atoms with van der Waals surface area (Å²) in [4.78, 5) is 0. The molecule has 35 heavy (non-hydrogen) atoms. The number of rotatable bonds is 5. The highest BCUT2D eigenvalue weighted by Gasteiger charge is 2.36. The Morgan fingerprint density at radius 3 is 2.14 bits per heavy atom. The van der Waals surface area contributed by atoms with Crippen LogP contribution in [0.3, 0.4) is 0 Å². The second-order valence-electron chi connectivity index (χ2n) is 10.2. The number of aliphatic hydroxyl groups is 1. The molecule has 0 fully saturated rings. The van der Waals surface area contributed by atoms with Crippen molar-refractivity contribution < 1.29 is 18.6 Å². The van der Waals surface area contributed by atoms with Crippen LogP contribution >= 0.6 is 0 Å². The number of hydrogen-bond acceptors (Lipinski definition) is 4. The van der Waals surface area contributed by atoms with Gasteiger partial charge in [-0.2, -0.15) is 0 Å². The summed E-state index contributed by atoms with van der Waals surface area (Å²) in [6.07, 6.45) is 0. The number of fused-ring (bicyclic) bond motifs is 6. The van der Waals surface area contributed by atoms with Gasteiger partial charge in [0.15, 0.2) is 0 Å². The summed E-state index contributed by atoms with van der Waals surface area (Å²) in [6.45, 7) is 7.37. The molecule has 0 amide bonds. The third-order valence-electron chi connectivity index (χ3n) is 7.36. The number of furan rings is 2. The van der Waals surface area contributed by atoms with Crippen LogP contribution in [0, 0.1) is 0 Å². The minimum atomic E-state index is -0.979. The zero-order valence-corrected chi connectivity index (χ0v) is 20.4. The van der Waals surface area contributed by atoms with Gasteiger partial charge in [0.25, 0.3) is 0 Å². The molecule has 6 rings (SSSR count). The standard InChI is InChI=1S/C30H27BO4/c1-29(2,32)30(3,4)35-31-22-11-8-14-26-28(22)27-19(10-7-13-25(27)34-26)18-15-16-24-21(17-18)20-9-5-6-12-23(20)33-24/h5-17,31-32H,1-4H3. The van der Waals surface area contributed by atoms with Crippen LogP contribution in [0.4, 0.5) is 0 Å². The van der Waals surface area contributed by atoms with Gasteiger partial charge in [0.2, 0.25) is 0 Å². The largest absolute Gasteiger partial charge is 0.456 e. The second kappa shape index (κ2) is 7.74. The van der Waals surface area contributed by atoms with Crippen LogP contribution in [0.25, 0.3) is 55.0 Å². The van der Waals surface area contributed by atoms with Gasteiger partial charge in [-0.1, -0.05) is 48.5 Å². The minimum Gasteiger partial charge on any atom is -0.456 e. The average Bonchev–Trinajstić information content (AvgIpc) is 3.40. The predicted molar refractivity (Wildman–Crippen MR) is 145 cm³/mol. The fourth-order valence-corrected chi connectivity index (χ4v) is 4.63. The van der Waals surface area contributed by atoms with E-state index in [1.807, 2.05) is 62.4 Å². The van der Waals surface area contributed by atoms with E-state index in [2.05, 4.69) is 30.3 Å². The molecule has 0 aliphatic heterocycles. The smallest absolute Gasteiger partial charge is 0.310 e. The van der Waals surface area contributed by atoms with E-state index >= 15 is 0 Å². The Bertz CT molecular complexity index is 1720. The molecule has 4 nitrogen and oxygen atoms in total. The summed E-state index contributed by atoms with van der Waals surface area (Å²) in [5.74, 6) is 0. The van der Waals surface area contributed by atoms with Crippen molar-refractivity contribution >= 4 is 56.8 Å². The summed E-state index contributed by atoms with van der Waals surface area (Å²) >= 11 is 0. The molecule has 1 N–H and O–H groups in total. The van der Waals surface area contributed by atoms with Crippen LogP contribution in [-0.4, -0.2) is 23.8 Å². The van der Waals surface area contributed by atoms with Crippen LogP contribution < -0.4 is 5.46 Å². The van der Waals surface area contributed by atoms with Crippen molar-refractivity contribution in [3.05, 3.63) is 78.9 Å². The molecule has 174 valence electrons. The Labute approximate surface area is 204 Å². The normalized spacial score (nSPS) is 12.8. The molecule has 0 unspecified atom stereocenters. The van der Waals surface area contributed by atoms with E-state index in [1.54, 1.807) is 13.8 Å². The molecular formula is C30H27BO4. The van der Waals surface area contributed by atoms with Crippen LogP contribution in [0.1, 0.15) is 27.7 Å². The van der Waals surface area contributed by atoms with E-state index in [4.69, 9.17) is 13.5 Å². The molecule has 0 aliphatic rings. The van der Waals surface area contributed by atoms with E-state index < -0.39 is 11.2 Å². The van der Waals surface area contributed by atoms with Crippen molar-refractivity contribution in [2.75, 3.05) is 0 Å². The van der Waals surface area contributed by atoms with Gasteiger partial charge in [0.1, 0.15) is 22.3 Å². The first-order chi connectivity index (χ1) is 16.7. The first kappa shape index (κ1) is 22.0. The van der Waals surface area contributed by atoms with Crippen molar-refractivity contribution in [1.29, 1.82) is 0 Å². The molecular weight excluding hydrogens is 435 g/mol. The monoisotopic (exact) mass is 462 g/mol. The average molecular weight is 462 g/mol. The number of para-hydroxylation sites is 1. The predicted octanol–water partition coefficient (Wildman–Crippen LogP) is 6.70. The Morgan fingerprint density at radius 1 is 0.686 bits per heavy atom. The molecule has 0 saturated carbocycles. The van der Waals surface area contributed by atoms with Crippen LogP contribution in [0.5, 0.6) is 0 Å². The lowest BCUT2D eigenvalue weighted by molar-refractivity contribution is -0.0893. The molecule has 6 aromatic rings. The van der Waals surface area contributed by atoms with E-state index in [0.29, 0.717) is 7.48 Å². The van der Waals surface area contributed by atoms with Crippen molar-refractivity contribution in [2.45, 2.75) is 38.9 Å². The van der Waals surface area contributed by atoms with Gasteiger partial charge >= 0.3 is 7.48 Å². The zero-order valence-electron chi connectivity index (χ0n) is 20.4. The van der Waals surface area contributed by atoms with E-state index in [0.717, 1.165) is 60.5 Å². The Kier molecular flexibility index (Phi) is 4.86. The number of hydrogen-bond donors (Lipinski definition) is 1. The summed E-state index contributed by atoms with van der Waals surface area (Å²) < 4.78 is 18.6. The van der Waals surface area contributed by atoms with Crippen molar-refractivity contribution in [2.24, 2.45) is 0 Å². The van der Waals surface area contributed by atoms with Crippen LogP contribution in [-0.2, 0) is 4.65 Å². The molecule has 0 atom stereocenters. The van der Waals surface area contributed by atoms with Gasteiger partial charge in [-0.3, -0.25) is 0 Å². The second-order valence-corrected chi connectivity index (χ2v) is 10.2. The van der Waals surface area contributed by atoms with Crippen molar-refractivity contribution in [1.82, 2.24) is 0 Å². The topological polar surface area (TPSA) is 55.7 Å². The first-order valence-electron chi connectivity index (χ1n) is 11.9. The van der Waals surface area contributed by atoms with Gasteiger partial charge < -0.3 is 18.6 Å². The molecule has 2 heterocycles. The molecule has 0 saturated heterocycles. The fraction of sp³-hybridized carbons (Fsp3) is 0.200. The van der Waals surface area contributed by atoms with Crippen LogP contribution in [0.2, 0.25) is 0 Å². The van der Waals surface area contributed by atoms with Gasteiger partial charge in [0.05, 0.1) is 11.2 Å². The summed E-state index contributed by atoms with van der Waals surface area (Å²) in [7, 11) is 0.364. The Balaban J connectivity index is 1.54. The highest BCUT2D eigenvalue weighted by atomic mass is 16.5. The van der Waals surface area contributed by atoms with Crippen molar-refractivity contribution in [3.8, 4) is 11.1 Å². The Morgan fingerprint density at radius 2 is 1.34 bits per heavy atom. The van der Waals surface area contributed by atoms with Crippen molar-refractivity contribution in [3.63, 3.8) is 0 Å². The lowest BCUT2D eigenvalue weighted by Gasteiger charge is -2.37. The molecule has 0 spiro atoms. The highest BCUT2D eigenvalue weighted by Crippen LogP contribution is 2.38. The maximum absolute atomic E-state index is 10.6. The SMILES string of the molecule is CC(C)(O)C(C)(C)OBc1cccc2oc3cccc(-c4ccc5oc6ccccc6c5c4)c3c12. The Hall–Kier alpha value is -3.54. The summed E-state index contributed by atoms with van der Waals surface area (Å²) in [6, 6.07) is 26.7. The first-order valence-corrected chi connectivity index (χ1v) is 11.9. The quantitative estimate of drug-likeness (QED) is 0.290. The molecule has 4 aromatic carbocycles. The van der Waals surface area contributed by atoms with Gasteiger partial charge in [-0.05, 0) is 74.6 Å². The molecule has 0 bridgehead atoms. The molecule has 5 heteroatoms. The lowest BCUT2D eigenvalue weighted by atomic mass is 9.80. The van der Waals surface area contributed by atoms with Gasteiger partial charge in [0, 0.05) is 21.5 Å². The zero-order chi connectivity index (χ0) is 24.4. The highest BCUT2D eigenvalue weighted by molar-refractivity contribution is 6.53. The maximum atomic E-state index is 10.6. The van der Waals surface area contributed by atoms with E-state index in [9.17, 15) is 5.11 Å². The van der Waals surface area contributed by atoms with Gasteiger partial charge in [-0.25, -0.2) is 0 Å². The van der Waals surface area contributed by atoms with E-state index in [1.165, 1.54) is 0 Å². The molecule has 2 aromatic heterocycles. The van der Waals surface area contributed by atoms with Crippen LogP contribution in [0.15, 0.2) is 87.7 Å². The summed E-state index contributed by atoms with van der Waals surface area (Å²) in [5, 5.41) is 14.9. The lowest BCUT2D eigenvalue weighted by Crippen LogP contribution is -2.49. The summed E-state index contributed by atoms with van der Waals surface area (Å²) in [5.41, 5.74) is 4.96. The number of benzene rings is 4. The van der Waals surface area contributed by atoms with Gasteiger partial charge in [-0.15, -0.1) is 0 Å². The minimum absolute atomic E-state index is 0.364. The third-order valence-corrected chi connectivity index (χ3v) is 7.36. The van der Waals surface area contributed by atoms with E-state index in [-0.39, 0.29) is 0 Å². The molecule has 0 aliphatic carbocycles. The fourth-order valence-electron chi connectivity index (χ4n) is 4.63. The molecule has 0 radical (unpaired) electrons.